The Morgan fingerprint density at radius 3 is 2.89 bits per heavy atom. The topological polar surface area (TPSA) is 15.3 Å². The average molecular weight is 244 g/mol. The third kappa shape index (κ3) is 3.44. The number of hydrogen-bond acceptors (Lipinski definition) is 2. The van der Waals surface area contributed by atoms with Crippen molar-refractivity contribution in [3.8, 4) is 0 Å². The fraction of sp³-hybridized carbons (Fsp3) is 0.500. The van der Waals surface area contributed by atoms with Crippen molar-refractivity contribution in [1.29, 1.82) is 0 Å². The van der Waals surface area contributed by atoms with Crippen LogP contribution in [-0.2, 0) is 0 Å². The van der Waals surface area contributed by atoms with Crippen LogP contribution in [0, 0.1) is 0 Å². The number of benzene rings is 1. The predicted molar refractivity (Wildman–Crippen MR) is 78.6 cm³/mol. The molecule has 0 bridgehead atoms. The normalized spacial score (nSPS) is 20.2. The first-order valence-corrected chi connectivity index (χ1v) is 6.99. The Bertz CT molecular complexity index is 372. The second-order valence-corrected chi connectivity index (χ2v) is 5.03. The molecule has 2 heteroatoms. The quantitative estimate of drug-likeness (QED) is 0.828. The lowest BCUT2D eigenvalue weighted by molar-refractivity contribution is 0.262. The minimum Gasteiger partial charge on any atom is -0.311 e. The third-order valence-corrected chi connectivity index (χ3v) is 3.81. The Hall–Kier alpha value is -1.12. The van der Waals surface area contributed by atoms with Gasteiger partial charge in [-0.25, -0.2) is 0 Å². The van der Waals surface area contributed by atoms with Crippen LogP contribution in [0.3, 0.4) is 0 Å². The van der Waals surface area contributed by atoms with Crippen molar-refractivity contribution in [2.24, 2.45) is 0 Å². The van der Waals surface area contributed by atoms with Crippen LogP contribution in [0.5, 0.6) is 0 Å². The second-order valence-electron chi connectivity index (χ2n) is 5.03. The largest absolute Gasteiger partial charge is 0.311 e. The lowest BCUT2D eigenvalue weighted by Gasteiger charge is -2.23. The molecule has 1 atom stereocenters. The van der Waals surface area contributed by atoms with Gasteiger partial charge in [0.15, 0.2) is 0 Å². The molecule has 1 aromatic rings. The molecule has 98 valence electrons. The van der Waals surface area contributed by atoms with Gasteiger partial charge in [-0.05, 0) is 37.1 Å². The van der Waals surface area contributed by atoms with Crippen molar-refractivity contribution in [2.75, 3.05) is 26.2 Å². The van der Waals surface area contributed by atoms with E-state index in [9.17, 15) is 0 Å². The SMILES string of the molecule is C=C(CNCC1CCCN1CC)c1ccccc1. The molecule has 0 aromatic heterocycles. The van der Waals surface area contributed by atoms with Gasteiger partial charge in [0.25, 0.3) is 0 Å². The summed E-state index contributed by atoms with van der Waals surface area (Å²) in [6.45, 7) is 10.8. The lowest BCUT2D eigenvalue weighted by atomic mass is 10.1. The van der Waals surface area contributed by atoms with Gasteiger partial charge in [-0.3, -0.25) is 4.90 Å². The molecule has 0 spiro atoms. The lowest BCUT2D eigenvalue weighted by Crippen LogP contribution is -2.38. The van der Waals surface area contributed by atoms with Gasteiger partial charge >= 0.3 is 0 Å². The Balaban J connectivity index is 1.74. The van der Waals surface area contributed by atoms with Gasteiger partial charge in [-0.15, -0.1) is 0 Å². The molecular formula is C16H24N2. The van der Waals surface area contributed by atoms with Crippen LogP contribution in [0.4, 0.5) is 0 Å². The maximum atomic E-state index is 4.15. The van der Waals surface area contributed by atoms with Gasteiger partial charge in [-0.2, -0.15) is 0 Å². The van der Waals surface area contributed by atoms with Gasteiger partial charge in [0.2, 0.25) is 0 Å². The molecule has 1 aromatic carbocycles. The van der Waals surface area contributed by atoms with Crippen LogP contribution in [0.25, 0.3) is 5.57 Å². The van der Waals surface area contributed by atoms with Crippen LogP contribution in [0.1, 0.15) is 25.3 Å². The van der Waals surface area contributed by atoms with Gasteiger partial charge in [-0.1, -0.05) is 43.8 Å². The average Bonchev–Trinajstić information content (AvgIpc) is 2.87. The molecule has 1 N–H and O–H groups in total. The molecule has 1 fully saturated rings. The summed E-state index contributed by atoms with van der Waals surface area (Å²) in [6, 6.07) is 11.1. The van der Waals surface area contributed by atoms with E-state index in [1.54, 1.807) is 0 Å². The summed E-state index contributed by atoms with van der Waals surface area (Å²) in [5.41, 5.74) is 2.42. The third-order valence-electron chi connectivity index (χ3n) is 3.81. The highest BCUT2D eigenvalue weighted by Crippen LogP contribution is 2.16. The summed E-state index contributed by atoms with van der Waals surface area (Å²) in [7, 11) is 0. The maximum Gasteiger partial charge on any atom is 0.0221 e. The monoisotopic (exact) mass is 244 g/mol. The zero-order valence-corrected chi connectivity index (χ0v) is 11.4. The van der Waals surface area contributed by atoms with Crippen molar-refractivity contribution in [1.82, 2.24) is 10.2 Å². The van der Waals surface area contributed by atoms with Crippen molar-refractivity contribution in [3.05, 3.63) is 42.5 Å². The van der Waals surface area contributed by atoms with Gasteiger partial charge in [0.05, 0.1) is 0 Å². The Labute approximate surface area is 111 Å². The van der Waals surface area contributed by atoms with Crippen molar-refractivity contribution >= 4 is 5.57 Å². The molecule has 2 rings (SSSR count). The first kappa shape index (κ1) is 13.3. The molecule has 1 aliphatic rings. The Morgan fingerprint density at radius 1 is 1.39 bits per heavy atom. The highest BCUT2D eigenvalue weighted by molar-refractivity contribution is 5.64. The van der Waals surface area contributed by atoms with Crippen LogP contribution in [0.2, 0.25) is 0 Å². The number of likely N-dealkylation sites (N-methyl/N-ethyl adjacent to an activating group) is 1. The van der Waals surface area contributed by atoms with Gasteiger partial charge in [0.1, 0.15) is 0 Å². The predicted octanol–water partition coefficient (Wildman–Crippen LogP) is 2.77. The van der Waals surface area contributed by atoms with Crippen LogP contribution in [-0.4, -0.2) is 37.1 Å². The smallest absolute Gasteiger partial charge is 0.0221 e. The Morgan fingerprint density at radius 2 is 2.17 bits per heavy atom. The summed E-state index contributed by atoms with van der Waals surface area (Å²) in [5.74, 6) is 0. The molecule has 1 aliphatic heterocycles. The van der Waals surface area contributed by atoms with E-state index in [-0.39, 0.29) is 0 Å². The highest BCUT2D eigenvalue weighted by atomic mass is 15.2. The standard InChI is InChI=1S/C16H24N2/c1-3-18-11-7-10-16(18)13-17-12-14(2)15-8-5-4-6-9-15/h4-6,8-9,16-17H,2-3,7,10-13H2,1H3. The number of nitrogens with one attached hydrogen (secondary N) is 1. The molecule has 1 saturated heterocycles. The fourth-order valence-corrected chi connectivity index (χ4v) is 2.71. The summed E-state index contributed by atoms with van der Waals surface area (Å²) >= 11 is 0. The molecular weight excluding hydrogens is 220 g/mol. The van der Waals surface area contributed by atoms with Gasteiger partial charge < -0.3 is 5.32 Å². The van der Waals surface area contributed by atoms with E-state index in [1.165, 1.54) is 37.1 Å². The molecule has 2 nitrogen and oxygen atoms in total. The zero-order chi connectivity index (χ0) is 12.8. The highest BCUT2D eigenvalue weighted by Gasteiger charge is 2.21. The molecule has 1 unspecified atom stereocenters. The van der Waals surface area contributed by atoms with Crippen molar-refractivity contribution in [2.45, 2.75) is 25.8 Å². The van der Waals surface area contributed by atoms with Crippen molar-refractivity contribution < 1.29 is 0 Å². The minimum absolute atomic E-state index is 0.721. The van der Waals surface area contributed by atoms with E-state index in [1.807, 2.05) is 6.07 Å². The zero-order valence-electron chi connectivity index (χ0n) is 11.4. The van der Waals surface area contributed by atoms with E-state index in [0.717, 1.165) is 19.1 Å². The van der Waals surface area contributed by atoms with E-state index >= 15 is 0 Å². The molecule has 0 aliphatic carbocycles. The summed E-state index contributed by atoms with van der Waals surface area (Å²) in [5, 5.41) is 3.55. The van der Waals surface area contributed by atoms with E-state index in [2.05, 4.69) is 48.0 Å². The first-order chi connectivity index (χ1) is 8.81. The Kier molecular flexibility index (Phi) is 4.97. The van der Waals surface area contributed by atoms with E-state index in [0.29, 0.717) is 0 Å². The van der Waals surface area contributed by atoms with Crippen LogP contribution >= 0.6 is 0 Å². The molecule has 18 heavy (non-hydrogen) atoms. The second kappa shape index (κ2) is 6.72. The van der Waals surface area contributed by atoms with E-state index in [4.69, 9.17) is 0 Å². The fourth-order valence-electron chi connectivity index (χ4n) is 2.71. The summed E-state index contributed by atoms with van der Waals surface area (Å²) in [4.78, 5) is 2.57. The minimum atomic E-state index is 0.721. The summed E-state index contributed by atoms with van der Waals surface area (Å²) in [6.07, 6.45) is 2.68. The van der Waals surface area contributed by atoms with Gasteiger partial charge in [0, 0.05) is 19.1 Å². The summed E-state index contributed by atoms with van der Waals surface area (Å²) < 4.78 is 0. The number of hydrogen-bond donors (Lipinski definition) is 1. The maximum absolute atomic E-state index is 4.15. The number of rotatable bonds is 6. The van der Waals surface area contributed by atoms with Crippen molar-refractivity contribution in [3.63, 3.8) is 0 Å². The van der Waals surface area contributed by atoms with Crippen LogP contribution in [0.15, 0.2) is 36.9 Å². The molecule has 0 amide bonds. The molecule has 1 heterocycles. The molecule has 0 radical (unpaired) electrons. The number of nitrogens with zero attached hydrogens (tertiary/aromatic N) is 1. The first-order valence-electron chi connectivity index (χ1n) is 6.99. The number of likely N-dealkylation sites (tertiary alicyclic amines) is 1. The van der Waals surface area contributed by atoms with E-state index < -0.39 is 0 Å². The van der Waals surface area contributed by atoms with Crippen LogP contribution < -0.4 is 5.32 Å². The molecule has 0 saturated carbocycles.